The first-order valence-corrected chi connectivity index (χ1v) is 12.5. The zero-order valence-corrected chi connectivity index (χ0v) is 20.4. The van der Waals surface area contributed by atoms with Crippen LogP contribution in [0.15, 0.2) is 30.3 Å². The van der Waals surface area contributed by atoms with Crippen molar-refractivity contribution in [2.75, 3.05) is 30.4 Å². The van der Waals surface area contributed by atoms with Crippen LogP contribution in [0.2, 0.25) is 0 Å². The second-order valence-corrected chi connectivity index (χ2v) is 9.78. The Morgan fingerprint density at radius 2 is 1.83 bits per heavy atom. The van der Waals surface area contributed by atoms with Gasteiger partial charge in [-0.2, -0.15) is 9.61 Å². The molecule has 1 aliphatic heterocycles. The van der Waals surface area contributed by atoms with E-state index in [1.165, 1.54) is 12.1 Å². The molecule has 0 bridgehead atoms. The van der Waals surface area contributed by atoms with Gasteiger partial charge in [0.2, 0.25) is 0 Å². The minimum absolute atomic E-state index is 0.278. The molecule has 0 amide bonds. The van der Waals surface area contributed by atoms with E-state index in [2.05, 4.69) is 15.3 Å². The Morgan fingerprint density at radius 1 is 1.00 bits per heavy atom. The molecular formula is C26H29F2N7O. The van der Waals surface area contributed by atoms with E-state index < -0.39 is 6.17 Å². The van der Waals surface area contributed by atoms with Gasteiger partial charge < -0.3 is 15.0 Å². The Hall–Kier alpha value is -3.40. The molecule has 2 fully saturated rings. The summed E-state index contributed by atoms with van der Waals surface area (Å²) in [4.78, 5) is 16.1. The van der Waals surface area contributed by atoms with Gasteiger partial charge >= 0.3 is 0 Å². The summed E-state index contributed by atoms with van der Waals surface area (Å²) in [6, 6.07) is 8.48. The zero-order valence-electron chi connectivity index (χ0n) is 20.4. The zero-order chi connectivity index (χ0) is 24.8. The lowest BCUT2D eigenvalue weighted by Crippen LogP contribution is -2.30. The Morgan fingerprint density at radius 3 is 2.58 bits per heavy atom. The summed E-state index contributed by atoms with van der Waals surface area (Å²) in [5.74, 6) is 1.17. The van der Waals surface area contributed by atoms with Gasteiger partial charge in [0.25, 0.3) is 0 Å². The number of aryl methyl sites for hydroxylation is 1. The molecule has 0 spiro atoms. The molecule has 1 N–H and O–H groups in total. The highest BCUT2D eigenvalue weighted by Crippen LogP contribution is 2.30. The van der Waals surface area contributed by atoms with E-state index in [1.807, 2.05) is 24.0 Å². The van der Waals surface area contributed by atoms with Crippen LogP contribution in [0.4, 0.5) is 20.4 Å². The predicted octanol–water partition coefficient (Wildman–Crippen LogP) is 4.70. The third-order valence-corrected chi connectivity index (χ3v) is 7.27. The first-order chi connectivity index (χ1) is 17.5. The number of rotatable bonds is 5. The maximum atomic E-state index is 14.0. The van der Waals surface area contributed by atoms with Gasteiger partial charge in [0.15, 0.2) is 5.65 Å². The van der Waals surface area contributed by atoms with Crippen molar-refractivity contribution < 1.29 is 13.5 Å². The van der Waals surface area contributed by atoms with Gasteiger partial charge in [0.05, 0.1) is 29.4 Å². The molecule has 1 saturated heterocycles. The first-order valence-electron chi connectivity index (χ1n) is 12.5. The molecule has 4 aromatic rings. The fraction of sp³-hybridized carbons (Fsp3) is 0.462. The van der Waals surface area contributed by atoms with Crippen LogP contribution >= 0.6 is 0 Å². The third-order valence-electron chi connectivity index (χ3n) is 7.27. The molecule has 1 atom stereocenters. The van der Waals surface area contributed by atoms with Crippen molar-refractivity contribution >= 4 is 28.3 Å². The Labute approximate surface area is 207 Å². The van der Waals surface area contributed by atoms with Crippen LogP contribution in [0.5, 0.6) is 0 Å². The van der Waals surface area contributed by atoms with Crippen LogP contribution < -0.4 is 10.2 Å². The van der Waals surface area contributed by atoms with Gasteiger partial charge in [-0.15, -0.1) is 0 Å². The van der Waals surface area contributed by atoms with Crippen LogP contribution in [0, 0.1) is 12.7 Å². The number of methoxy groups -OCH3 is 1. The standard InChI is InChI=1S/C26H29F2N7O/c1-15-26(31-21-11-16(27)3-8-20(21)29-15)22-12-24-32-23(34-10-9-17(28)14-34)13-25(35(24)33-22)30-18-4-6-19(36-2)7-5-18/h3,8,11-13,17-19,30H,4-7,9-10,14H2,1-2H3/t17-,18?,19?/m1/s1. The highest BCUT2D eigenvalue weighted by molar-refractivity contribution is 5.78. The Bertz CT molecular complexity index is 1420. The van der Waals surface area contributed by atoms with E-state index in [9.17, 15) is 8.78 Å². The fourth-order valence-corrected chi connectivity index (χ4v) is 5.28. The average molecular weight is 494 g/mol. The van der Waals surface area contributed by atoms with Crippen molar-refractivity contribution in [2.24, 2.45) is 0 Å². The van der Waals surface area contributed by atoms with Crippen molar-refractivity contribution in [2.45, 2.75) is 57.3 Å². The molecular weight excluding hydrogens is 464 g/mol. The Balaban J connectivity index is 1.41. The minimum Gasteiger partial charge on any atom is -0.381 e. The first kappa shape index (κ1) is 23.0. The van der Waals surface area contributed by atoms with Crippen LogP contribution in [-0.4, -0.2) is 63.1 Å². The summed E-state index contributed by atoms with van der Waals surface area (Å²) in [6.45, 7) is 2.83. The van der Waals surface area contributed by atoms with Crippen LogP contribution in [0.1, 0.15) is 37.8 Å². The van der Waals surface area contributed by atoms with Gasteiger partial charge in [-0.25, -0.2) is 23.7 Å². The van der Waals surface area contributed by atoms with Crippen LogP contribution in [0.3, 0.4) is 0 Å². The number of nitrogens with zero attached hydrogens (tertiary/aromatic N) is 6. The van der Waals surface area contributed by atoms with E-state index >= 15 is 0 Å². The molecule has 6 rings (SSSR count). The molecule has 3 aromatic heterocycles. The predicted molar refractivity (Wildman–Crippen MR) is 135 cm³/mol. The lowest BCUT2D eigenvalue weighted by atomic mass is 9.93. The summed E-state index contributed by atoms with van der Waals surface area (Å²) in [7, 11) is 1.77. The fourth-order valence-electron chi connectivity index (χ4n) is 5.28. The minimum atomic E-state index is -0.847. The monoisotopic (exact) mass is 493 g/mol. The molecule has 1 saturated carbocycles. The SMILES string of the molecule is COC1CCC(Nc2cc(N3CC[C@@H](F)C3)nc3cc(-c4nc5cc(F)ccc5nc4C)nn23)CC1. The van der Waals surface area contributed by atoms with E-state index in [1.54, 1.807) is 17.7 Å². The summed E-state index contributed by atoms with van der Waals surface area (Å²) in [6.07, 6.45) is 3.93. The topological polar surface area (TPSA) is 80.5 Å². The average Bonchev–Trinajstić information content (AvgIpc) is 3.51. The molecule has 0 radical (unpaired) electrons. The number of fused-ring (bicyclic) bond motifs is 2. The van der Waals surface area contributed by atoms with Gasteiger partial charge in [-0.3, -0.25) is 0 Å². The molecule has 1 aromatic carbocycles. The van der Waals surface area contributed by atoms with E-state index in [0.717, 1.165) is 37.3 Å². The number of benzene rings is 1. The molecule has 4 heterocycles. The molecule has 8 nitrogen and oxygen atoms in total. The summed E-state index contributed by atoms with van der Waals surface area (Å²) < 4.78 is 35.1. The van der Waals surface area contributed by atoms with Gasteiger partial charge in [-0.1, -0.05) is 0 Å². The molecule has 0 unspecified atom stereocenters. The molecule has 2 aliphatic rings. The molecule has 1 aliphatic carbocycles. The molecule has 188 valence electrons. The lowest BCUT2D eigenvalue weighted by molar-refractivity contribution is 0.0681. The maximum absolute atomic E-state index is 14.0. The van der Waals surface area contributed by atoms with E-state index in [-0.39, 0.29) is 11.9 Å². The second kappa shape index (κ2) is 9.24. The maximum Gasteiger partial charge on any atom is 0.160 e. The van der Waals surface area contributed by atoms with Crippen molar-refractivity contribution in [1.82, 2.24) is 24.6 Å². The summed E-state index contributed by atoms with van der Waals surface area (Å²) >= 11 is 0. The van der Waals surface area contributed by atoms with E-state index in [0.29, 0.717) is 59.4 Å². The number of hydrogen-bond donors (Lipinski definition) is 1. The smallest absolute Gasteiger partial charge is 0.160 e. The number of alkyl halides is 1. The number of aromatic nitrogens is 5. The largest absolute Gasteiger partial charge is 0.381 e. The number of ether oxygens (including phenoxy) is 1. The Kier molecular flexibility index (Phi) is 5.91. The van der Waals surface area contributed by atoms with Gasteiger partial charge in [0, 0.05) is 37.9 Å². The van der Waals surface area contributed by atoms with Crippen molar-refractivity contribution in [3.63, 3.8) is 0 Å². The van der Waals surface area contributed by atoms with Gasteiger partial charge in [-0.05, 0) is 51.2 Å². The lowest BCUT2D eigenvalue weighted by Gasteiger charge is -2.29. The number of hydrogen-bond acceptors (Lipinski definition) is 7. The summed E-state index contributed by atoms with van der Waals surface area (Å²) in [5, 5.41) is 8.49. The molecule has 36 heavy (non-hydrogen) atoms. The number of nitrogens with one attached hydrogen (secondary N) is 1. The highest BCUT2D eigenvalue weighted by atomic mass is 19.1. The van der Waals surface area contributed by atoms with Crippen LogP contribution in [0.25, 0.3) is 28.1 Å². The van der Waals surface area contributed by atoms with Crippen molar-refractivity contribution in [3.8, 4) is 11.4 Å². The normalized spacial score (nSPS) is 22.6. The second-order valence-electron chi connectivity index (χ2n) is 9.78. The highest BCUT2D eigenvalue weighted by Gasteiger charge is 2.26. The van der Waals surface area contributed by atoms with Crippen LogP contribution in [-0.2, 0) is 4.74 Å². The van der Waals surface area contributed by atoms with Gasteiger partial charge in [0.1, 0.15) is 35.0 Å². The third kappa shape index (κ3) is 4.34. The quantitative estimate of drug-likeness (QED) is 0.431. The number of anilines is 2. The van der Waals surface area contributed by atoms with Crippen molar-refractivity contribution in [3.05, 3.63) is 41.8 Å². The molecule has 10 heteroatoms. The van der Waals surface area contributed by atoms with Crippen molar-refractivity contribution in [1.29, 1.82) is 0 Å². The summed E-state index contributed by atoms with van der Waals surface area (Å²) in [5.41, 5.74) is 3.62. The van der Waals surface area contributed by atoms with E-state index in [4.69, 9.17) is 14.8 Å². The number of halogens is 2.